The molecule has 0 bridgehead atoms. The van der Waals surface area contributed by atoms with Gasteiger partial charge in [-0.15, -0.1) is 0 Å². The summed E-state index contributed by atoms with van der Waals surface area (Å²) in [5.41, 5.74) is 1.02. The molecule has 1 aliphatic heterocycles. The van der Waals surface area contributed by atoms with Crippen molar-refractivity contribution >= 4 is 27.8 Å². The van der Waals surface area contributed by atoms with Crippen molar-refractivity contribution in [3.8, 4) is 5.88 Å². The molecule has 1 fully saturated rings. The number of pyridine rings is 1. The Hall–Kier alpha value is -1.91. The highest BCUT2D eigenvalue weighted by atomic mass is 32.2. The second-order valence-electron chi connectivity index (χ2n) is 5.09. The Balaban J connectivity index is 1.75. The van der Waals surface area contributed by atoms with Gasteiger partial charge >= 0.3 is 10.2 Å². The SMILES string of the molecule is COc1cc(NS(=O)(=O)N2CCC2)nc(SCc2cccnc2)n1. The zero-order valence-corrected chi connectivity index (χ0v) is 14.7. The fourth-order valence-corrected chi connectivity index (χ4v) is 4.00. The molecule has 0 atom stereocenters. The molecule has 0 spiro atoms. The zero-order chi connectivity index (χ0) is 17.0. The highest BCUT2D eigenvalue weighted by Crippen LogP contribution is 2.24. The minimum Gasteiger partial charge on any atom is -0.481 e. The van der Waals surface area contributed by atoms with Crippen molar-refractivity contribution in [1.82, 2.24) is 19.3 Å². The molecule has 10 heteroatoms. The van der Waals surface area contributed by atoms with Crippen LogP contribution in [0.4, 0.5) is 5.82 Å². The Morgan fingerprint density at radius 2 is 2.21 bits per heavy atom. The monoisotopic (exact) mass is 367 g/mol. The molecule has 2 aromatic rings. The van der Waals surface area contributed by atoms with E-state index in [2.05, 4.69) is 19.7 Å². The second kappa shape index (κ2) is 7.32. The molecule has 3 heterocycles. The average Bonchev–Trinajstić information content (AvgIpc) is 2.51. The van der Waals surface area contributed by atoms with Gasteiger partial charge in [0, 0.05) is 37.3 Å². The molecule has 1 saturated heterocycles. The zero-order valence-electron chi connectivity index (χ0n) is 13.0. The number of nitrogens with zero attached hydrogens (tertiary/aromatic N) is 4. The summed E-state index contributed by atoms with van der Waals surface area (Å²) in [4.78, 5) is 12.5. The van der Waals surface area contributed by atoms with Gasteiger partial charge in [0.2, 0.25) is 5.88 Å². The van der Waals surface area contributed by atoms with Crippen LogP contribution in [0.1, 0.15) is 12.0 Å². The van der Waals surface area contributed by atoms with Crippen LogP contribution < -0.4 is 9.46 Å². The first kappa shape index (κ1) is 16.9. The number of ether oxygens (including phenoxy) is 1. The smallest absolute Gasteiger partial charge is 0.302 e. The lowest BCUT2D eigenvalue weighted by Crippen LogP contribution is -2.45. The van der Waals surface area contributed by atoms with Gasteiger partial charge in [0.25, 0.3) is 0 Å². The van der Waals surface area contributed by atoms with E-state index >= 15 is 0 Å². The molecule has 0 radical (unpaired) electrons. The predicted molar refractivity (Wildman–Crippen MR) is 91.1 cm³/mol. The standard InChI is InChI=1S/C14H17N5O3S2/c1-22-13-8-12(18-24(20,21)19-6-3-7-19)16-14(17-13)23-10-11-4-2-5-15-9-11/h2,4-5,8-9H,3,6-7,10H2,1H3,(H,16,17,18). The second-order valence-corrected chi connectivity index (χ2v) is 7.70. The van der Waals surface area contributed by atoms with Crippen molar-refractivity contribution in [2.24, 2.45) is 0 Å². The third kappa shape index (κ3) is 4.13. The van der Waals surface area contributed by atoms with E-state index in [-0.39, 0.29) is 5.82 Å². The maximum absolute atomic E-state index is 12.2. The van der Waals surface area contributed by atoms with Gasteiger partial charge in [-0.05, 0) is 18.1 Å². The molecule has 8 nitrogen and oxygen atoms in total. The minimum atomic E-state index is -3.57. The Morgan fingerprint density at radius 3 is 2.83 bits per heavy atom. The number of anilines is 1. The van der Waals surface area contributed by atoms with Crippen LogP contribution in [0.15, 0.2) is 35.7 Å². The third-order valence-corrected chi connectivity index (χ3v) is 5.80. The van der Waals surface area contributed by atoms with Gasteiger partial charge in [-0.25, -0.2) is 4.98 Å². The van der Waals surface area contributed by atoms with Crippen molar-refractivity contribution in [2.45, 2.75) is 17.3 Å². The minimum absolute atomic E-state index is 0.197. The average molecular weight is 367 g/mol. The summed E-state index contributed by atoms with van der Waals surface area (Å²) in [5.74, 6) is 1.13. The van der Waals surface area contributed by atoms with Gasteiger partial charge in [0.15, 0.2) is 5.16 Å². The highest BCUT2D eigenvalue weighted by molar-refractivity contribution is 7.98. The van der Waals surface area contributed by atoms with E-state index in [9.17, 15) is 8.42 Å². The normalized spacial score (nSPS) is 14.9. The van der Waals surface area contributed by atoms with Crippen LogP contribution in [0.5, 0.6) is 5.88 Å². The van der Waals surface area contributed by atoms with Gasteiger partial charge < -0.3 is 4.74 Å². The number of hydrogen-bond donors (Lipinski definition) is 1. The van der Waals surface area contributed by atoms with Crippen LogP contribution in [0.3, 0.4) is 0 Å². The summed E-state index contributed by atoms with van der Waals surface area (Å²) >= 11 is 1.38. The maximum atomic E-state index is 12.2. The molecule has 1 N–H and O–H groups in total. The number of nitrogens with one attached hydrogen (secondary N) is 1. The number of aromatic nitrogens is 3. The first-order chi connectivity index (χ1) is 11.6. The molecular weight excluding hydrogens is 350 g/mol. The van der Waals surface area contributed by atoms with Crippen LogP contribution in [0.2, 0.25) is 0 Å². The fraction of sp³-hybridized carbons (Fsp3) is 0.357. The molecule has 128 valence electrons. The molecule has 0 aliphatic carbocycles. The van der Waals surface area contributed by atoms with Crippen LogP contribution in [-0.4, -0.2) is 47.9 Å². The molecule has 0 unspecified atom stereocenters. The molecule has 24 heavy (non-hydrogen) atoms. The summed E-state index contributed by atoms with van der Waals surface area (Å²) in [6.45, 7) is 1.06. The van der Waals surface area contributed by atoms with Crippen LogP contribution in [0, 0.1) is 0 Å². The predicted octanol–water partition coefficient (Wildman–Crippen LogP) is 1.53. The van der Waals surface area contributed by atoms with Crippen molar-refractivity contribution in [3.63, 3.8) is 0 Å². The van der Waals surface area contributed by atoms with E-state index in [4.69, 9.17) is 4.74 Å². The molecule has 3 rings (SSSR count). The number of thioether (sulfide) groups is 1. The number of rotatable bonds is 7. The Morgan fingerprint density at radius 1 is 1.38 bits per heavy atom. The molecule has 0 aromatic carbocycles. The van der Waals surface area contributed by atoms with Crippen molar-refractivity contribution < 1.29 is 13.2 Å². The molecule has 0 amide bonds. The third-order valence-electron chi connectivity index (χ3n) is 3.37. The summed E-state index contributed by atoms with van der Waals surface area (Å²) in [6, 6.07) is 5.27. The van der Waals surface area contributed by atoms with Crippen molar-refractivity contribution in [2.75, 3.05) is 24.9 Å². The largest absolute Gasteiger partial charge is 0.481 e. The first-order valence-corrected chi connectivity index (χ1v) is 9.72. The lowest BCUT2D eigenvalue weighted by Gasteiger charge is -2.29. The highest BCUT2D eigenvalue weighted by Gasteiger charge is 2.28. The molecule has 0 saturated carbocycles. The lowest BCUT2D eigenvalue weighted by molar-refractivity contribution is 0.311. The van der Waals surface area contributed by atoms with Gasteiger partial charge in [-0.3, -0.25) is 9.71 Å². The quantitative estimate of drug-likeness (QED) is 0.585. The van der Waals surface area contributed by atoms with E-state index in [1.165, 1.54) is 29.2 Å². The molecule has 2 aromatic heterocycles. The Kier molecular flexibility index (Phi) is 5.17. The number of methoxy groups -OCH3 is 1. The Labute approximate surface area is 144 Å². The Bertz CT molecular complexity index is 797. The summed E-state index contributed by atoms with van der Waals surface area (Å²) < 4.78 is 33.3. The van der Waals surface area contributed by atoms with Gasteiger partial charge in [0.1, 0.15) is 5.82 Å². The van der Waals surface area contributed by atoms with Crippen LogP contribution in [0.25, 0.3) is 0 Å². The first-order valence-electron chi connectivity index (χ1n) is 7.29. The van der Waals surface area contributed by atoms with Gasteiger partial charge in [-0.1, -0.05) is 17.8 Å². The van der Waals surface area contributed by atoms with E-state index < -0.39 is 10.2 Å². The fourth-order valence-electron chi connectivity index (χ4n) is 1.98. The van der Waals surface area contributed by atoms with Crippen LogP contribution in [-0.2, 0) is 16.0 Å². The van der Waals surface area contributed by atoms with E-state index in [1.54, 1.807) is 12.4 Å². The van der Waals surface area contributed by atoms with E-state index in [0.29, 0.717) is 29.9 Å². The van der Waals surface area contributed by atoms with E-state index in [1.807, 2.05) is 12.1 Å². The summed E-state index contributed by atoms with van der Waals surface area (Å²) in [6.07, 6.45) is 4.35. The van der Waals surface area contributed by atoms with Gasteiger partial charge in [0.05, 0.1) is 7.11 Å². The van der Waals surface area contributed by atoms with Crippen molar-refractivity contribution in [1.29, 1.82) is 0 Å². The lowest BCUT2D eigenvalue weighted by atomic mass is 10.3. The van der Waals surface area contributed by atoms with Crippen molar-refractivity contribution in [3.05, 3.63) is 36.2 Å². The number of hydrogen-bond acceptors (Lipinski definition) is 7. The summed E-state index contributed by atoms with van der Waals surface area (Å²) in [5, 5.41) is 0.430. The topological polar surface area (TPSA) is 97.3 Å². The van der Waals surface area contributed by atoms with E-state index in [0.717, 1.165) is 12.0 Å². The van der Waals surface area contributed by atoms with Gasteiger partial charge in [-0.2, -0.15) is 17.7 Å². The maximum Gasteiger partial charge on any atom is 0.302 e. The molecular formula is C14H17N5O3S2. The van der Waals surface area contributed by atoms with Crippen LogP contribution >= 0.6 is 11.8 Å². The summed E-state index contributed by atoms with van der Waals surface area (Å²) in [7, 11) is -2.09. The molecule has 1 aliphatic rings.